The average Bonchev–Trinajstić information content (AvgIpc) is 3.41. The third kappa shape index (κ3) is 4.05. The van der Waals surface area contributed by atoms with Crippen LogP contribution >= 0.6 is 0 Å². The van der Waals surface area contributed by atoms with Gasteiger partial charge in [-0.1, -0.05) is 25.1 Å². The molecule has 2 aliphatic rings. The number of para-hydroxylation sites is 1. The number of carbonyl (C=O) groups excluding carboxylic acids is 1. The van der Waals surface area contributed by atoms with E-state index >= 15 is 0 Å². The van der Waals surface area contributed by atoms with Crippen LogP contribution in [0.15, 0.2) is 24.3 Å². The SMILES string of the molecule is CCOc1ccccc1CN1CCN(C(=O)C(C)C2CC2)CC1. The van der Waals surface area contributed by atoms with E-state index in [0.717, 1.165) is 38.5 Å². The zero-order chi connectivity index (χ0) is 16.2. The van der Waals surface area contributed by atoms with Crippen molar-refractivity contribution in [3.8, 4) is 5.75 Å². The maximum Gasteiger partial charge on any atom is 0.225 e. The molecule has 23 heavy (non-hydrogen) atoms. The Morgan fingerprint density at radius 2 is 1.91 bits per heavy atom. The minimum Gasteiger partial charge on any atom is -0.494 e. The number of rotatable bonds is 6. The number of nitrogens with zero attached hydrogens (tertiary/aromatic N) is 2. The maximum atomic E-state index is 12.5. The van der Waals surface area contributed by atoms with E-state index in [1.54, 1.807) is 0 Å². The predicted octanol–water partition coefficient (Wildman–Crippen LogP) is 2.78. The predicted molar refractivity (Wildman–Crippen MR) is 91.4 cm³/mol. The number of carbonyl (C=O) groups is 1. The van der Waals surface area contributed by atoms with Crippen LogP contribution < -0.4 is 4.74 Å². The van der Waals surface area contributed by atoms with E-state index in [-0.39, 0.29) is 5.92 Å². The van der Waals surface area contributed by atoms with Gasteiger partial charge in [0.2, 0.25) is 5.91 Å². The second-order valence-corrected chi connectivity index (χ2v) is 6.77. The minimum atomic E-state index is 0.222. The number of hydrogen-bond donors (Lipinski definition) is 0. The lowest BCUT2D eigenvalue weighted by atomic mass is 10.0. The molecule has 1 saturated heterocycles. The molecule has 1 atom stereocenters. The van der Waals surface area contributed by atoms with E-state index in [4.69, 9.17) is 4.74 Å². The number of hydrogen-bond acceptors (Lipinski definition) is 3. The molecule has 1 aliphatic carbocycles. The van der Waals surface area contributed by atoms with Gasteiger partial charge in [-0.15, -0.1) is 0 Å². The Hall–Kier alpha value is -1.55. The molecule has 0 radical (unpaired) electrons. The summed E-state index contributed by atoms with van der Waals surface area (Å²) in [6.45, 7) is 9.31. The van der Waals surface area contributed by atoms with Crippen molar-refractivity contribution in [2.24, 2.45) is 11.8 Å². The zero-order valence-electron chi connectivity index (χ0n) is 14.3. The summed E-state index contributed by atoms with van der Waals surface area (Å²) < 4.78 is 5.71. The molecule has 1 unspecified atom stereocenters. The summed E-state index contributed by atoms with van der Waals surface area (Å²) in [6.07, 6.45) is 2.47. The van der Waals surface area contributed by atoms with Gasteiger partial charge in [-0.3, -0.25) is 9.69 Å². The van der Waals surface area contributed by atoms with Crippen LogP contribution in [0.1, 0.15) is 32.3 Å². The third-order valence-electron chi connectivity index (χ3n) is 5.07. The van der Waals surface area contributed by atoms with E-state index in [9.17, 15) is 4.79 Å². The number of benzene rings is 1. The zero-order valence-corrected chi connectivity index (χ0v) is 14.3. The van der Waals surface area contributed by atoms with Crippen LogP contribution in [0.2, 0.25) is 0 Å². The van der Waals surface area contributed by atoms with Crippen molar-refractivity contribution in [1.29, 1.82) is 0 Å². The molecule has 4 heteroatoms. The Bertz CT molecular complexity index is 534. The molecule has 1 aromatic carbocycles. The molecule has 0 spiro atoms. The van der Waals surface area contributed by atoms with Crippen molar-refractivity contribution in [1.82, 2.24) is 9.80 Å². The highest BCUT2D eigenvalue weighted by molar-refractivity contribution is 5.79. The fourth-order valence-corrected chi connectivity index (χ4v) is 3.38. The molecule has 0 aromatic heterocycles. The van der Waals surface area contributed by atoms with Crippen LogP contribution in [0.4, 0.5) is 0 Å². The Morgan fingerprint density at radius 1 is 1.22 bits per heavy atom. The van der Waals surface area contributed by atoms with Gasteiger partial charge in [-0.2, -0.15) is 0 Å². The second-order valence-electron chi connectivity index (χ2n) is 6.77. The van der Waals surface area contributed by atoms with Crippen LogP contribution in [0, 0.1) is 11.8 Å². The Labute approximate surface area is 139 Å². The van der Waals surface area contributed by atoms with Gasteiger partial charge in [0.15, 0.2) is 0 Å². The summed E-state index contributed by atoms with van der Waals surface area (Å²) in [5.74, 6) is 2.22. The quantitative estimate of drug-likeness (QED) is 0.809. The van der Waals surface area contributed by atoms with Crippen LogP contribution in [-0.4, -0.2) is 48.5 Å². The molecule has 1 aromatic rings. The summed E-state index contributed by atoms with van der Waals surface area (Å²) in [6, 6.07) is 8.26. The summed E-state index contributed by atoms with van der Waals surface area (Å²) in [5.41, 5.74) is 1.24. The third-order valence-corrected chi connectivity index (χ3v) is 5.07. The average molecular weight is 316 g/mol. The van der Waals surface area contributed by atoms with Gasteiger partial charge in [0, 0.05) is 44.2 Å². The smallest absolute Gasteiger partial charge is 0.225 e. The molecule has 1 aliphatic heterocycles. The number of amides is 1. The molecule has 0 N–H and O–H groups in total. The molecule has 1 heterocycles. The van der Waals surface area contributed by atoms with Gasteiger partial charge >= 0.3 is 0 Å². The fraction of sp³-hybridized carbons (Fsp3) is 0.632. The van der Waals surface area contributed by atoms with E-state index < -0.39 is 0 Å². The van der Waals surface area contributed by atoms with E-state index in [1.807, 2.05) is 19.1 Å². The van der Waals surface area contributed by atoms with Gasteiger partial charge in [0.1, 0.15) is 5.75 Å². The molecular formula is C19H28N2O2. The van der Waals surface area contributed by atoms with Gasteiger partial charge in [-0.05, 0) is 31.7 Å². The van der Waals surface area contributed by atoms with Crippen molar-refractivity contribution in [2.45, 2.75) is 33.2 Å². The molecule has 0 bridgehead atoms. The first kappa shape index (κ1) is 16.3. The Kier molecular flexibility index (Phi) is 5.21. The van der Waals surface area contributed by atoms with Crippen LogP contribution in [0.25, 0.3) is 0 Å². The lowest BCUT2D eigenvalue weighted by Gasteiger charge is -2.36. The number of piperazine rings is 1. The lowest BCUT2D eigenvalue weighted by Crippen LogP contribution is -2.49. The van der Waals surface area contributed by atoms with Gasteiger partial charge in [0.25, 0.3) is 0 Å². The molecule has 126 valence electrons. The fourth-order valence-electron chi connectivity index (χ4n) is 3.38. The first-order chi connectivity index (χ1) is 11.2. The van der Waals surface area contributed by atoms with Crippen molar-refractivity contribution >= 4 is 5.91 Å². The van der Waals surface area contributed by atoms with E-state index in [0.29, 0.717) is 18.4 Å². The first-order valence-electron chi connectivity index (χ1n) is 8.91. The number of ether oxygens (including phenoxy) is 1. The second kappa shape index (κ2) is 7.35. The Balaban J connectivity index is 1.52. The largest absolute Gasteiger partial charge is 0.494 e. The van der Waals surface area contributed by atoms with Crippen LogP contribution in [0.5, 0.6) is 5.75 Å². The van der Waals surface area contributed by atoms with Crippen molar-refractivity contribution in [3.63, 3.8) is 0 Å². The van der Waals surface area contributed by atoms with Crippen LogP contribution in [-0.2, 0) is 11.3 Å². The highest BCUT2D eigenvalue weighted by atomic mass is 16.5. The lowest BCUT2D eigenvalue weighted by molar-refractivity contribution is -0.137. The summed E-state index contributed by atoms with van der Waals surface area (Å²) >= 11 is 0. The monoisotopic (exact) mass is 316 g/mol. The van der Waals surface area contributed by atoms with Gasteiger partial charge in [0.05, 0.1) is 6.61 Å². The molecule has 1 saturated carbocycles. The highest BCUT2D eigenvalue weighted by Gasteiger charge is 2.35. The molecule has 2 fully saturated rings. The highest BCUT2D eigenvalue weighted by Crippen LogP contribution is 2.37. The van der Waals surface area contributed by atoms with Crippen molar-refractivity contribution in [2.75, 3.05) is 32.8 Å². The van der Waals surface area contributed by atoms with Crippen molar-refractivity contribution < 1.29 is 9.53 Å². The summed E-state index contributed by atoms with van der Waals surface area (Å²) in [4.78, 5) is 17.0. The normalized spacial score (nSPS) is 20.3. The molecular weight excluding hydrogens is 288 g/mol. The summed E-state index contributed by atoms with van der Waals surface area (Å²) in [5, 5.41) is 0. The molecule has 4 nitrogen and oxygen atoms in total. The van der Waals surface area contributed by atoms with Crippen LogP contribution in [0.3, 0.4) is 0 Å². The summed E-state index contributed by atoms with van der Waals surface area (Å²) in [7, 11) is 0. The Morgan fingerprint density at radius 3 is 2.57 bits per heavy atom. The topological polar surface area (TPSA) is 32.8 Å². The van der Waals surface area contributed by atoms with Gasteiger partial charge in [-0.25, -0.2) is 0 Å². The molecule has 3 rings (SSSR count). The maximum absolute atomic E-state index is 12.5. The first-order valence-corrected chi connectivity index (χ1v) is 8.91. The molecule has 1 amide bonds. The van der Waals surface area contributed by atoms with Gasteiger partial charge < -0.3 is 9.64 Å². The van der Waals surface area contributed by atoms with E-state index in [1.165, 1.54) is 18.4 Å². The van der Waals surface area contributed by atoms with E-state index in [2.05, 4.69) is 28.9 Å². The minimum absolute atomic E-state index is 0.222. The standard InChI is InChI=1S/C19H28N2O2/c1-3-23-18-7-5-4-6-17(18)14-20-10-12-21(13-11-20)19(22)15(2)16-8-9-16/h4-7,15-16H,3,8-14H2,1-2H3. The van der Waals surface area contributed by atoms with Crippen molar-refractivity contribution in [3.05, 3.63) is 29.8 Å².